The highest BCUT2D eigenvalue weighted by Crippen LogP contribution is 2.36. The maximum Gasteiger partial charge on any atom is 0.222 e. The minimum absolute atomic E-state index is 0.300. The van der Waals surface area contributed by atoms with Crippen LogP contribution in [0.2, 0.25) is 0 Å². The zero-order valence-corrected chi connectivity index (χ0v) is 14.7. The molecule has 0 atom stereocenters. The predicted octanol–water partition coefficient (Wildman–Crippen LogP) is 1.10. The Morgan fingerprint density at radius 2 is 1.92 bits per heavy atom. The van der Waals surface area contributed by atoms with Gasteiger partial charge in [0, 0.05) is 50.6 Å². The lowest BCUT2D eigenvalue weighted by atomic mass is 9.78. The van der Waals surface area contributed by atoms with E-state index in [0.717, 1.165) is 76.2 Å². The number of nitrogens with two attached hydrogens (primary N) is 2. The van der Waals surface area contributed by atoms with E-state index in [1.165, 1.54) is 0 Å². The molecule has 7 heteroatoms. The monoisotopic (exact) mass is 344 g/mol. The molecule has 1 saturated carbocycles. The second-order valence-corrected chi connectivity index (χ2v) is 7.81. The Kier molecular flexibility index (Phi) is 4.50. The molecule has 1 amide bonds. The number of piperidine rings is 1. The van der Waals surface area contributed by atoms with E-state index in [0.29, 0.717) is 29.7 Å². The summed E-state index contributed by atoms with van der Waals surface area (Å²) >= 11 is 0. The number of carbonyl (C=O) groups is 1. The molecule has 4 rings (SSSR count). The lowest BCUT2D eigenvalue weighted by molar-refractivity contribution is -0.128. The minimum Gasteiger partial charge on any atom is -0.368 e. The Hall–Kier alpha value is -1.89. The first-order chi connectivity index (χ1) is 12.1. The Labute approximate surface area is 148 Å². The van der Waals surface area contributed by atoms with Gasteiger partial charge in [0.1, 0.15) is 5.82 Å². The van der Waals surface area contributed by atoms with Crippen molar-refractivity contribution in [3.63, 3.8) is 0 Å². The third kappa shape index (κ3) is 3.56. The number of carbonyl (C=O) groups excluding carboxylic acids is 1. The summed E-state index contributed by atoms with van der Waals surface area (Å²) in [6.45, 7) is 3.79. The van der Waals surface area contributed by atoms with Crippen molar-refractivity contribution in [1.29, 1.82) is 0 Å². The van der Waals surface area contributed by atoms with Crippen molar-refractivity contribution < 1.29 is 4.79 Å². The quantitative estimate of drug-likeness (QED) is 0.848. The van der Waals surface area contributed by atoms with Gasteiger partial charge in [-0.25, -0.2) is 4.98 Å². The number of rotatable bonds is 4. The fourth-order valence-electron chi connectivity index (χ4n) is 4.30. The number of anilines is 2. The summed E-state index contributed by atoms with van der Waals surface area (Å²) in [5.74, 6) is 2.66. The number of nitrogen functional groups attached to an aromatic ring is 1. The molecule has 25 heavy (non-hydrogen) atoms. The Bertz CT molecular complexity index is 636. The van der Waals surface area contributed by atoms with Crippen molar-refractivity contribution in [3.05, 3.63) is 11.8 Å². The normalized spacial score (nSPS) is 27.6. The fourth-order valence-corrected chi connectivity index (χ4v) is 4.30. The minimum atomic E-state index is 0.300. The highest BCUT2D eigenvalue weighted by Gasteiger charge is 2.30. The summed E-state index contributed by atoms with van der Waals surface area (Å²) in [4.78, 5) is 25.0. The van der Waals surface area contributed by atoms with Crippen molar-refractivity contribution in [2.75, 3.05) is 36.8 Å². The largest absolute Gasteiger partial charge is 0.368 e. The molecule has 136 valence electrons. The molecule has 3 fully saturated rings. The SMILES string of the molecule is Nc1nc(C2CC(N)C2)cc(N2CCC(CN3CCCC3=O)CC2)n1. The van der Waals surface area contributed by atoms with Gasteiger partial charge in [0.15, 0.2) is 0 Å². The molecule has 7 nitrogen and oxygen atoms in total. The Morgan fingerprint density at radius 1 is 1.16 bits per heavy atom. The van der Waals surface area contributed by atoms with Gasteiger partial charge >= 0.3 is 0 Å². The van der Waals surface area contributed by atoms with Crippen LogP contribution in [0.4, 0.5) is 11.8 Å². The van der Waals surface area contributed by atoms with Gasteiger partial charge in [-0.15, -0.1) is 0 Å². The zero-order chi connectivity index (χ0) is 17.4. The highest BCUT2D eigenvalue weighted by atomic mass is 16.2. The first kappa shape index (κ1) is 16.6. The van der Waals surface area contributed by atoms with Crippen LogP contribution in [-0.4, -0.2) is 53.0 Å². The number of amides is 1. The number of hydrogen-bond acceptors (Lipinski definition) is 6. The number of aromatic nitrogens is 2. The first-order valence-electron chi connectivity index (χ1n) is 9.51. The zero-order valence-electron chi connectivity index (χ0n) is 14.7. The van der Waals surface area contributed by atoms with Crippen molar-refractivity contribution >= 4 is 17.7 Å². The predicted molar refractivity (Wildman–Crippen MR) is 97.1 cm³/mol. The summed E-state index contributed by atoms with van der Waals surface area (Å²) in [6.07, 6.45) is 5.91. The summed E-state index contributed by atoms with van der Waals surface area (Å²) in [7, 11) is 0. The second kappa shape index (κ2) is 6.78. The standard InChI is InChI=1S/C18H28N6O/c19-14-8-13(9-14)15-10-16(22-18(20)21-15)23-6-3-12(4-7-23)11-24-5-1-2-17(24)25/h10,12-14H,1-9,11,19H2,(H2,20,21,22). The molecule has 0 aromatic carbocycles. The van der Waals surface area contributed by atoms with Gasteiger partial charge in [-0.1, -0.05) is 0 Å². The van der Waals surface area contributed by atoms with E-state index in [1.54, 1.807) is 0 Å². The van der Waals surface area contributed by atoms with E-state index >= 15 is 0 Å². The molecule has 0 unspecified atom stereocenters. The number of nitrogens with zero attached hydrogens (tertiary/aromatic N) is 4. The lowest BCUT2D eigenvalue weighted by Crippen LogP contribution is -2.40. The molecule has 0 bridgehead atoms. The van der Waals surface area contributed by atoms with Crippen molar-refractivity contribution in [3.8, 4) is 0 Å². The van der Waals surface area contributed by atoms with Crippen LogP contribution < -0.4 is 16.4 Å². The summed E-state index contributed by atoms with van der Waals surface area (Å²) < 4.78 is 0. The van der Waals surface area contributed by atoms with E-state index in [-0.39, 0.29) is 0 Å². The second-order valence-electron chi connectivity index (χ2n) is 7.81. The van der Waals surface area contributed by atoms with Gasteiger partial charge in [-0.05, 0) is 38.0 Å². The van der Waals surface area contributed by atoms with Crippen LogP contribution in [0.25, 0.3) is 0 Å². The average molecular weight is 344 g/mol. The third-order valence-corrected chi connectivity index (χ3v) is 5.93. The van der Waals surface area contributed by atoms with E-state index in [1.807, 2.05) is 4.90 Å². The smallest absolute Gasteiger partial charge is 0.222 e. The summed E-state index contributed by atoms with van der Waals surface area (Å²) in [6, 6.07) is 2.39. The van der Waals surface area contributed by atoms with Crippen molar-refractivity contribution in [1.82, 2.24) is 14.9 Å². The number of likely N-dealkylation sites (tertiary alicyclic amines) is 1. The van der Waals surface area contributed by atoms with Gasteiger partial charge in [0.25, 0.3) is 0 Å². The van der Waals surface area contributed by atoms with E-state index in [9.17, 15) is 4.79 Å². The summed E-state index contributed by atoms with van der Waals surface area (Å²) in [5, 5.41) is 0. The molecule has 1 aromatic rings. The molecule has 3 heterocycles. The van der Waals surface area contributed by atoms with Crippen molar-refractivity contribution in [2.45, 2.75) is 50.5 Å². The molecule has 2 aliphatic heterocycles. The molecule has 4 N–H and O–H groups in total. The molecule has 0 spiro atoms. The third-order valence-electron chi connectivity index (χ3n) is 5.93. The average Bonchev–Trinajstić information content (AvgIpc) is 2.97. The van der Waals surface area contributed by atoms with Gasteiger partial charge < -0.3 is 21.3 Å². The molecule has 2 saturated heterocycles. The van der Waals surface area contributed by atoms with Crippen LogP contribution in [0.5, 0.6) is 0 Å². The molecular weight excluding hydrogens is 316 g/mol. The maximum atomic E-state index is 11.8. The van der Waals surface area contributed by atoms with Crippen LogP contribution in [0.1, 0.15) is 50.1 Å². The Balaban J connectivity index is 1.36. The molecular formula is C18H28N6O. The van der Waals surface area contributed by atoms with Gasteiger partial charge in [0.2, 0.25) is 11.9 Å². The van der Waals surface area contributed by atoms with Crippen LogP contribution in [0.3, 0.4) is 0 Å². The van der Waals surface area contributed by atoms with E-state index < -0.39 is 0 Å². The highest BCUT2D eigenvalue weighted by molar-refractivity contribution is 5.78. The molecule has 3 aliphatic rings. The van der Waals surface area contributed by atoms with Crippen LogP contribution >= 0.6 is 0 Å². The Morgan fingerprint density at radius 3 is 2.56 bits per heavy atom. The lowest BCUT2D eigenvalue weighted by Gasteiger charge is -2.36. The topological polar surface area (TPSA) is 101 Å². The summed E-state index contributed by atoms with van der Waals surface area (Å²) in [5.41, 5.74) is 12.9. The maximum absolute atomic E-state index is 11.8. The molecule has 0 radical (unpaired) electrons. The first-order valence-corrected chi connectivity index (χ1v) is 9.51. The van der Waals surface area contributed by atoms with Crippen LogP contribution in [0, 0.1) is 5.92 Å². The van der Waals surface area contributed by atoms with Crippen LogP contribution in [0.15, 0.2) is 6.07 Å². The number of hydrogen-bond donors (Lipinski definition) is 2. The fraction of sp³-hybridized carbons (Fsp3) is 0.722. The van der Waals surface area contributed by atoms with E-state index in [2.05, 4.69) is 20.9 Å². The van der Waals surface area contributed by atoms with Gasteiger partial charge in [-0.2, -0.15) is 4.98 Å². The van der Waals surface area contributed by atoms with Crippen molar-refractivity contribution in [2.24, 2.45) is 11.7 Å². The van der Waals surface area contributed by atoms with Crippen LogP contribution in [-0.2, 0) is 4.79 Å². The molecule has 1 aromatic heterocycles. The van der Waals surface area contributed by atoms with Gasteiger partial charge in [-0.3, -0.25) is 4.79 Å². The molecule has 1 aliphatic carbocycles. The van der Waals surface area contributed by atoms with E-state index in [4.69, 9.17) is 11.5 Å². The van der Waals surface area contributed by atoms with Gasteiger partial charge in [0.05, 0.1) is 5.69 Å².